The minimum atomic E-state index is 0.268. The van der Waals surface area contributed by atoms with Gasteiger partial charge in [-0.1, -0.05) is 0 Å². The Morgan fingerprint density at radius 2 is 2.05 bits per heavy atom. The van der Waals surface area contributed by atoms with Gasteiger partial charge in [0.25, 0.3) is 0 Å². The van der Waals surface area contributed by atoms with Gasteiger partial charge in [0, 0.05) is 12.3 Å². The number of anilines is 1. The molecule has 1 fully saturated rings. The molecule has 3 N–H and O–H groups in total. The van der Waals surface area contributed by atoms with Crippen molar-refractivity contribution in [1.82, 2.24) is 0 Å². The number of benzene rings is 1. The summed E-state index contributed by atoms with van der Waals surface area (Å²) in [6.45, 7) is 6.40. The second-order valence-electron chi connectivity index (χ2n) is 6.00. The Labute approximate surface area is 126 Å². The molecule has 0 spiro atoms. The van der Waals surface area contributed by atoms with E-state index in [0.29, 0.717) is 0 Å². The van der Waals surface area contributed by atoms with E-state index < -0.39 is 0 Å². The molecular formula is C16H27N2O3+. The fraction of sp³-hybridized carbons (Fsp3) is 0.625. The van der Waals surface area contributed by atoms with E-state index >= 15 is 0 Å². The summed E-state index contributed by atoms with van der Waals surface area (Å²) in [7, 11) is 2.26. The second-order valence-corrected chi connectivity index (χ2v) is 6.00. The average Bonchev–Trinajstić information content (AvgIpc) is 2.47. The van der Waals surface area contributed by atoms with Crippen LogP contribution in [0.4, 0.5) is 5.69 Å². The van der Waals surface area contributed by atoms with Crippen molar-refractivity contribution in [2.75, 3.05) is 58.8 Å². The van der Waals surface area contributed by atoms with E-state index in [9.17, 15) is 5.11 Å². The number of morpholine rings is 1. The van der Waals surface area contributed by atoms with Crippen LogP contribution in [0, 0.1) is 0 Å². The highest BCUT2D eigenvalue weighted by atomic mass is 16.5. The predicted molar refractivity (Wildman–Crippen MR) is 83.3 cm³/mol. The van der Waals surface area contributed by atoms with Gasteiger partial charge in [-0.05, 0) is 36.6 Å². The van der Waals surface area contributed by atoms with Crippen LogP contribution in [0.25, 0.3) is 0 Å². The number of nitrogen functional groups attached to an aromatic ring is 1. The maximum Gasteiger partial charge on any atom is 0.116 e. The molecule has 1 saturated heterocycles. The minimum absolute atomic E-state index is 0.268. The van der Waals surface area contributed by atoms with Crippen LogP contribution in [0.2, 0.25) is 0 Å². The highest BCUT2D eigenvalue weighted by Gasteiger charge is 2.24. The largest absolute Gasteiger partial charge is 0.508 e. The average molecular weight is 295 g/mol. The second kappa shape index (κ2) is 7.64. The van der Waals surface area contributed by atoms with Crippen LogP contribution >= 0.6 is 0 Å². The van der Waals surface area contributed by atoms with Crippen molar-refractivity contribution < 1.29 is 19.1 Å². The molecular weight excluding hydrogens is 268 g/mol. The lowest BCUT2D eigenvalue weighted by Crippen LogP contribution is -2.53. The molecule has 21 heavy (non-hydrogen) atoms. The number of nitrogens with two attached hydrogens (primary N) is 1. The molecule has 0 unspecified atom stereocenters. The Balaban J connectivity index is 1.60. The summed E-state index contributed by atoms with van der Waals surface area (Å²) in [6.07, 6.45) is 1.75. The molecule has 1 heterocycles. The number of phenols is 1. The summed E-state index contributed by atoms with van der Waals surface area (Å²) in [4.78, 5) is 0. The van der Waals surface area contributed by atoms with Gasteiger partial charge in [0.05, 0.1) is 26.9 Å². The molecule has 2 rings (SSSR count). The predicted octanol–water partition coefficient (Wildman–Crippen LogP) is 1.40. The third-order valence-corrected chi connectivity index (χ3v) is 4.19. The van der Waals surface area contributed by atoms with Gasteiger partial charge in [-0.15, -0.1) is 0 Å². The number of likely N-dealkylation sites (N-methyl/N-ethyl adjacent to an activating group) is 1. The van der Waals surface area contributed by atoms with Crippen LogP contribution in [0.15, 0.2) is 18.2 Å². The summed E-state index contributed by atoms with van der Waals surface area (Å²) >= 11 is 0. The normalized spacial score (nSPS) is 17.8. The Kier molecular flexibility index (Phi) is 5.85. The van der Waals surface area contributed by atoms with E-state index in [1.54, 1.807) is 18.2 Å². The minimum Gasteiger partial charge on any atom is -0.508 e. The first kappa shape index (κ1) is 16.1. The van der Waals surface area contributed by atoms with E-state index in [1.807, 2.05) is 0 Å². The third-order valence-electron chi connectivity index (χ3n) is 4.19. The molecule has 0 amide bonds. The van der Waals surface area contributed by atoms with Gasteiger partial charge in [-0.2, -0.15) is 0 Å². The van der Waals surface area contributed by atoms with Gasteiger partial charge in [-0.25, -0.2) is 0 Å². The van der Waals surface area contributed by atoms with Gasteiger partial charge in [0.15, 0.2) is 0 Å². The zero-order valence-electron chi connectivity index (χ0n) is 12.9. The summed E-state index contributed by atoms with van der Waals surface area (Å²) in [5, 5.41) is 9.45. The number of aryl methyl sites for hydroxylation is 1. The summed E-state index contributed by atoms with van der Waals surface area (Å²) in [6, 6.07) is 5.09. The first-order valence-electron chi connectivity index (χ1n) is 7.65. The molecule has 1 aromatic rings. The maximum atomic E-state index is 9.45. The number of phenolic OH excluding ortho intramolecular Hbond substituents is 1. The lowest BCUT2D eigenvalue weighted by molar-refractivity contribution is -0.917. The number of nitrogens with zero attached hydrogens (tertiary/aromatic N) is 1. The topological polar surface area (TPSA) is 64.7 Å². The van der Waals surface area contributed by atoms with Gasteiger partial charge >= 0.3 is 0 Å². The van der Waals surface area contributed by atoms with Crippen LogP contribution < -0.4 is 5.73 Å². The molecule has 0 aromatic heterocycles. The van der Waals surface area contributed by atoms with Crippen LogP contribution in [-0.2, 0) is 15.9 Å². The Morgan fingerprint density at radius 3 is 2.81 bits per heavy atom. The van der Waals surface area contributed by atoms with Crippen molar-refractivity contribution in [1.29, 1.82) is 0 Å². The quantitative estimate of drug-likeness (QED) is 0.345. The van der Waals surface area contributed by atoms with Crippen molar-refractivity contribution in [2.24, 2.45) is 0 Å². The van der Waals surface area contributed by atoms with E-state index in [-0.39, 0.29) is 5.75 Å². The SMILES string of the molecule is C[N+]1(CCOCCCc2cc(O)ccc2N)CCOCC1. The van der Waals surface area contributed by atoms with E-state index in [2.05, 4.69) is 7.05 Å². The third kappa shape index (κ3) is 5.19. The number of quaternary nitrogens is 1. The first-order chi connectivity index (χ1) is 10.1. The molecule has 0 radical (unpaired) electrons. The van der Waals surface area contributed by atoms with Crippen molar-refractivity contribution in [3.63, 3.8) is 0 Å². The van der Waals surface area contributed by atoms with Crippen molar-refractivity contribution in [2.45, 2.75) is 12.8 Å². The van der Waals surface area contributed by atoms with Gasteiger partial charge in [0.2, 0.25) is 0 Å². The number of aromatic hydroxyl groups is 1. The Morgan fingerprint density at radius 1 is 1.29 bits per heavy atom. The number of rotatable bonds is 7. The van der Waals surface area contributed by atoms with Crippen LogP contribution in [0.3, 0.4) is 0 Å². The van der Waals surface area contributed by atoms with Gasteiger partial charge in [-0.3, -0.25) is 0 Å². The molecule has 0 atom stereocenters. The summed E-state index contributed by atoms with van der Waals surface area (Å²) in [5.41, 5.74) is 7.61. The molecule has 1 aromatic carbocycles. The molecule has 0 saturated carbocycles. The van der Waals surface area contributed by atoms with E-state index in [0.717, 1.165) is 74.6 Å². The van der Waals surface area contributed by atoms with Crippen LogP contribution in [-0.4, -0.2) is 62.7 Å². The summed E-state index contributed by atoms with van der Waals surface area (Å²) in [5.74, 6) is 0.268. The molecule has 5 heteroatoms. The highest BCUT2D eigenvalue weighted by Crippen LogP contribution is 2.19. The Hall–Kier alpha value is -1.30. The zero-order valence-corrected chi connectivity index (χ0v) is 12.9. The van der Waals surface area contributed by atoms with Gasteiger partial charge in [0.1, 0.15) is 25.4 Å². The Bertz CT molecular complexity index is 445. The number of hydrogen-bond donors (Lipinski definition) is 2. The van der Waals surface area contributed by atoms with Crippen LogP contribution in [0.5, 0.6) is 5.75 Å². The molecule has 0 aliphatic carbocycles. The van der Waals surface area contributed by atoms with Crippen molar-refractivity contribution in [3.8, 4) is 5.75 Å². The van der Waals surface area contributed by atoms with Crippen LogP contribution in [0.1, 0.15) is 12.0 Å². The smallest absolute Gasteiger partial charge is 0.116 e. The van der Waals surface area contributed by atoms with Crippen molar-refractivity contribution >= 4 is 5.69 Å². The molecule has 1 aliphatic rings. The molecule has 118 valence electrons. The lowest BCUT2D eigenvalue weighted by atomic mass is 10.1. The first-order valence-corrected chi connectivity index (χ1v) is 7.65. The van der Waals surface area contributed by atoms with Crippen molar-refractivity contribution in [3.05, 3.63) is 23.8 Å². The standard InChI is InChI=1S/C16H26N2O3/c1-18(7-11-21-12-8-18)6-10-20-9-2-3-14-13-15(19)4-5-16(14)17/h4-5,13H,2-3,6-12,17H2,1H3/p+1. The molecule has 5 nitrogen and oxygen atoms in total. The fourth-order valence-corrected chi connectivity index (χ4v) is 2.57. The van der Waals surface area contributed by atoms with E-state index in [4.69, 9.17) is 15.2 Å². The number of ether oxygens (including phenoxy) is 2. The van der Waals surface area contributed by atoms with E-state index in [1.165, 1.54) is 0 Å². The molecule has 1 aliphatic heterocycles. The zero-order chi connectivity index (χ0) is 15.1. The van der Waals surface area contributed by atoms with Gasteiger partial charge < -0.3 is 24.8 Å². The monoisotopic (exact) mass is 295 g/mol. The molecule has 0 bridgehead atoms. The lowest BCUT2D eigenvalue weighted by Gasteiger charge is -2.37. The number of hydrogen-bond acceptors (Lipinski definition) is 4. The fourth-order valence-electron chi connectivity index (χ4n) is 2.57. The highest BCUT2D eigenvalue weighted by molar-refractivity contribution is 5.50. The maximum absolute atomic E-state index is 9.45. The summed E-state index contributed by atoms with van der Waals surface area (Å²) < 4.78 is 12.2.